The molecule has 2 aromatic carbocycles. The molecule has 22 heavy (non-hydrogen) atoms. The molecule has 0 radical (unpaired) electrons. The first-order valence-electron chi connectivity index (χ1n) is 6.19. The van der Waals surface area contributed by atoms with Gasteiger partial charge < -0.3 is 0 Å². The molecule has 2 aromatic rings. The van der Waals surface area contributed by atoms with Crippen LogP contribution >= 0.6 is 11.6 Å². The minimum Gasteiger partial charge on any atom is -0.281 e. The Morgan fingerprint density at radius 2 is 1.95 bits per heavy atom. The maximum absolute atomic E-state index is 11.9. The molecule has 112 valence electrons. The molecule has 6 nitrogen and oxygen atoms in total. The number of benzene rings is 2. The number of hydroxylamine groups is 1. The standard InChI is InChI=1S/C15H11ClN2O4/c16-13-6-1-2-7-14(13)17(20)15(19)9-8-11-4-3-5-12(10-11)18(21)22/h1-10,20H. The smallest absolute Gasteiger partial charge is 0.274 e. The molecule has 0 heterocycles. The zero-order chi connectivity index (χ0) is 16.1. The Morgan fingerprint density at radius 1 is 1.23 bits per heavy atom. The SMILES string of the molecule is O=C(C=Cc1cccc([N+](=O)[O-])c1)N(O)c1ccccc1Cl. The van der Waals surface area contributed by atoms with Gasteiger partial charge in [-0.2, -0.15) is 5.06 Å². The van der Waals surface area contributed by atoms with Gasteiger partial charge in [0.25, 0.3) is 11.6 Å². The van der Waals surface area contributed by atoms with Gasteiger partial charge in [0.2, 0.25) is 0 Å². The van der Waals surface area contributed by atoms with Gasteiger partial charge in [-0.05, 0) is 23.8 Å². The number of nitrogens with zero attached hydrogens (tertiary/aromatic N) is 2. The Labute approximate surface area is 131 Å². The molecule has 0 spiro atoms. The highest BCUT2D eigenvalue weighted by Crippen LogP contribution is 2.24. The monoisotopic (exact) mass is 318 g/mol. The second-order valence-corrected chi connectivity index (χ2v) is 4.69. The summed E-state index contributed by atoms with van der Waals surface area (Å²) in [5.74, 6) is -0.723. The van der Waals surface area contributed by atoms with E-state index in [0.29, 0.717) is 10.6 Å². The summed E-state index contributed by atoms with van der Waals surface area (Å²) in [7, 11) is 0. The number of amides is 1. The van der Waals surface area contributed by atoms with Crippen LogP contribution in [0.15, 0.2) is 54.6 Å². The van der Waals surface area contributed by atoms with Crippen molar-refractivity contribution < 1.29 is 14.9 Å². The molecule has 0 aliphatic heterocycles. The lowest BCUT2D eigenvalue weighted by molar-refractivity contribution is -0.384. The average molecular weight is 319 g/mol. The van der Waals surface area contributed by atoms with Crippen LogP contribution in [0.1, 0.15) is 5.56 Å². The van der Waals surface area contributed by atoms with Gasteiger partial charge in [0, 0.05) is 18.2 Å². The number of hydrogen-bond donors (Lipinski definition) is 1. The Bertz CT molecular complexity index is 746. The summed E-state index contributed by atoms with van der Waals surface area (Å²) in [6.45, 7) is 0. The lowest BCUT2D eigenvalue weighted by atomic mass is 10.2. The van der Waals surface area contributed by atoms with E-state index in [2.05, 4.69) is 0 Å². The number of nitro groups is 1. The van der Waals surface area contributed by atoms with Crippen molar-refractivity contribution in [2.24, 2.45) is 0 Å². The number of non-ortho nitro benzene ring substituents is 1. The fraction of sp³-hybridized carbons (Fsp3) is 0. The van der Waals surface area contributed by atoms with Gasteiger partial charge in [-0.25, -0.2) is 0 Å². The molecule has 0 bridgehead atoms. The van der Waals surface area contributed by atoms with E-state index in [1.54, 1.807) is 18.2 Å². The van der Waals surface area contributed by atoms with Crippen LogP contribution in [-0.4, -0.2) is 16.0 Å². The first kappa shape index (κ1) is 15.7. The van der Waals surface area contributed by atoms with Crippen LogP contribution in [-0.2, 0) is 4.79 Å². The van der Waals surface area contributed by atoms with Gasteiger partial charge in [-0.3, -0.25) is 20.1 Å². The van der Waals surface area contributed by atoms with E-state index < -0.39 is 10.8 Å². The summed E-state index contributed by atoms with van der Waals surface area (Å²) in [5, 5.41) is 21.1. The largest absolute Gasteiger partial charge is 0.281 e. The van der Waals surface area contributed by atoms with Crippen LogP contribution in [0.5, 0.6) is 0 Å². The van der Waals surface area contributed by atoms with E-state index in [-0.39, 0.29) is 16.4 Å². The molecular weight excluding hydrogens is 308 g/mol. The van der Waals surface area contributed by atoms with E-state index in [9.17, 15) is 20.1 Å². The molecule has 0 saturated heterocycles. The molecule has 0 saturated carbocycles. The van der Waals surface area contributed by atoms with Crippen molar-refractivity contribution in [3.63, 3.8) is 0 Å². The maximum Gasteiger partial charge on any atom is 0.274 e. The van der Waals surface area contributed by atoms with Gasteiger partial charge in [-0.15, -0.1) is 0 Å². The maximum atomic E-state index is 11.9. The van der Waals surface area contributed by atoms with E-state index in [0.717, 1.165) is 6.08 Å². The first-order valence-corrected chi connectivity index (χ1v) is 6.57. The van der Waals surface area contributed by atoms with Gasteiger partial charge in [0.15, 0.2) is 0 Å². The third-order valence-electron chi connectivity index (χ3n) is 2.79. The number of anilines is 1. The van der Waals surface area contributed by atoms with Crippen LogP contribution < -0.4 is 5.06 Å². The van der Waals surface area contributed by atoms with Crippen molar-refractivity contribution in [3.8, 4) is 0 Å². The minimum absolute atomic E-state index is 0.0819. The van der Waals surface area contributed by atoms with Gasteiger partial charge in [0.1, 0.15) is 0 Å². The molecular formula is C15H11ClN2O4. The third kappa shape index (κ3) is 3.69. The second-order valence-electron chi connectivity index (χ2n) is 4.29. The van der Waals surface area contributed by atoms with Gasteiger partial charge >= 0.3 is 0 Å². The fourth-order valence-electron chi connectivity index (χ4n) is 1.72. The average Bonchev–Trinajstić information content (AvgIpc) is 2.52. The lowest BCUT2D eigenvalue weighted by Crippen LogP contribution is -2.25. The van der Waals surface area contributed by atoms with Crippen molar-refractivity contribution in [1.82, 2.24) is 0 Å². The highest BCUT2D eigenvalue weighted by atomic mass is 35.5. The summed E-state index contributed by atoms with van der Waals surface area (Å²) in [5.41, 5.74) is 0.537. The fourth-order valence-corrected chi connectivity index (χ4v) is 1.94. The molecule has 0 aliphatic carbocycles. The summed E-state index contributed by atoms with van der Waals surface area (Å²) in [6, 6.07) is 12.1. The third-order valence-corrected chi connectivity index (χ3v) is 3.11. The van der Waals surface area contributed by atoms with E-state index in [1.165, 1.54) is 36.4 Å². The lowest BCUT2D eigenvalue weighted by Gasteiger charge is -2.13. The molecule has 0 fully saturated rings. The highest BCUT2D eigenvalue weighted by molar-refractivity contribution is 6.33. The zero-order valence-electron chi connectivity index (χ0n) is 11.2. The van der Waals surface area contributed by atoms with Crippen molar-refractivity contribution in [1.29, 1.82) is 0 Å². The Balaban J connectivity index is 2.16. The summed E-state index contributed by atoms with van der Waals surface area (Å²) < 4.78 is 0. The van der Waals surface area contributed by atoms with Crippen molar-refractivity contribution in [3.05, 3.63) is 75.3 Å². The number of halogens is 1. The van der Waals surface area contributed by atoms with E-state index in [1.807, 2.05) is 0 Å². The van der Waals surface area contributed by atoms with Crippen molar-refractivity contribution >= 4 is 35.0 Å². The topological polar surface area (TPSA) is 83.7 Å². The van der Waals surface area contributed by atoms with Crippen LogP contribution in [0.3, 0.4) is 0 Å². The summed E-state index contributed by atoms with van der Waals surface area (Å²) >= 11 is 5.88. The van der Waals surface area contributed by atoms with E-state index >= 15 is 0 Å². The van der Waals surface area contributed by atoms with Crippen LogP contribution in [0.4, 0.5) is 11.4 Å². The predicted molar refractivity (Wildman–Crippen MR) is 82.9 cm³/mol. The Morgan fingerprint density at radius 3 is 2.64 bits per heavy atom. The summed E-state index contributed by atoms with van der Waals surface area (Å²) in [6.07, 6.45) is 2.47. The molecule has 7 heteroatoms. The van der Waals surface area contributed by atoms with Crippen LogP contribution in [0.2, 0.25) is 5.02 Å². The molecule has 0 atom stereocenters. The quantitative estimate of drug-likeness (QED) is 0.403. The summed E-state index contributed by atoms with van der Waals surface area (Å²) in [4.78, 5) is 22.0. The first-order chi connectivity index (χ1) is 10.5. The molecule has 0 aromatic heterocycles. The molecule has 1 amide bonds. The van der Waals surface area contributed by atoms with Gasteiger partial charge in [-0.1, -0.05) is 35.9 Å². The Kier molecular flexibility index (Phi) is 4.88. The highest BCUT2D eigenvalue weighted by Gasteiger charge is 2.13. The molecule has 0 aliphatic rings. The predicted octanol–water partition coefficient (Wildman–Crippen LogP) is 3.68. The Hall–Kier alpha value is -2.70. The van der Waals surface area contributed by atoms with Crippen molar-refractivity contribution in [2.75, 3.05) is 5.06 Å². The molecule has 2 rings (SSSR count). The molecule has 1 N–H and O–H groups in total. The second kappa shape index (κ2) is 6.84. The number of rotatable bonds is 4. The number of carbonyl (C=O) groups excluding carboxylic acids is 1. The van der Waals surface area contributed by atoms with Crippen LogP contribution in [0.25, 0.3) is 6.08 Å². The normalized spacial score (nSPS) is 10.6. The number of nitro benzene ring substituents is 1. The minimum atomic E-state index is -0.723. The zero-order valence-corrected chi connectivity index (χ0v) is 12.0. The van der Waals surface area contributed by atoms with E-state index in [4.69, 9.17) is 11.6 Å². The number of carbonyl (C=O) groups is 1. The van der Waals surface area contributed by atoms with Gasteiger partial charge in [0.05, 0.1) is 15.6 Å². The number of para-hydroxylation sites is 1. The van der Waals surface area contributed by atoms with Crippen LogP contribution in [0, 0.1) is 10.1 Å². The van der Waals surface area contributed by atoms with Crippen molar-refractivity contribution in [2.45, 2.75) is 0 Å². The molecule has 0 unspecified atom stereocenters. The number of hydrogen-bond acceptors (Lipinski definition) is 4.